The third-order valence-electron chi connectivity index (χ3n) is 6.49. The summed E-state index contributed by atoms with van der Waals surface area (Å²) in [6, 6.07) is 8.41. The summed E-state index contributed by atoms with van der Waals surface area (Å²) in [5.74, 6) is 2.51. The zero-order valence-electron chi connectivity index (χ0n) is 19.5. The first-order valence-electron chi connectivity index (χ1n) is 11.9. The van der Waals surface area contributed by atoms with E-state index in [1.165, 1.54) is 31.6 Å². The Bertz CT molecular complexity index is 1390. The zero-order valence-corrected chi connectivity index (χ0v) is 19.5. The minimum absolute atomic E-state index is 0.170. The van der Waals surface area contributed by atoms with Gasteiger partial charge in [-0.3, -0.25) is 4.98 Å². The molecule has 1 aliphatic heterocycles. The van der Waals surface area contributed by atoms with Crippen LogP contribution < -0.4 is 20.3 Å². The maximum absolute atomic E-state index is 13.8. The molecule has 4 heterocycles. The van der Waals surface area contributed by atoms with E-state index in [1.807, 2.05) is 24.5 Å². The highest BCUT2D eigenvalue weighted by Gasteiger charge is 2.29. The summed E-state index contributed by atoms with van der Waals surface area (Å²) in [6.45, 7) is 3.64. The lowest BCUT2D eigenvalue weighted by molar-refractivity contribution is 0.387. The number of rotatable bonds is 6. The molecule has 0 atom stereocenters. The molecule has 2 aliphatic rings. The fraction of sp³-hybridized carbons (Fsp3) is 0.308. The van der Waals surface area contributed by atoms with E-state index >= 15 is 0 Å². The molecule has 35 heavy (non-hydrogen) atoms. The summed E-state index contributed by atoms with van der Waals surface area (Å²) in [4.78, 5) is 21.3. The highest BCUT2D eigenvalue weighted by Crippen LogP contribution is 2.44. The molecular formula is C26H26FN7O. The Morgan fingerprint density at radius 1 is 1.09 bits per heavy atom. The molecule has 1 saturated carbocycles. The van der Waals surface area contributed by atoms with Crippen LogP contribution in [0.25, 0.3) is 22.3 Å². The third kappa shape index (κ3) is 4.35. The molecule has 3 aromatic heterocycles. The number of methoxy groups -OCH3 is 1. The van der Waals surface area contributed by atoms with Crippen molar-refractivity contribution < 1.29 is 9.13 Å². The van der Waals surface area contributed by atoms with Gasteiger partial charge in [0, 0.05) is 61.3 Å². The molecule has 0 unspecified atom stereocenters. The Labute approximate surface area is 202 Å². The maximum atomic E-state index is 13.8. The number of hydrogen-bond acceptors (Lipinski definition) is 8. The van der Waals surface area contributed by atoms with Crippen molar-refractivity contribution in [1.29, 1.82) is 0 Å². The highest BCUT2D eigenvalue weighted by molar-refractivity contribution is 5.94. The Hall–Kier alpha value is -3.85. The summed E-state index contributed by atoms with van der Waals surface area (Å²) >= 11 is 0. The predicted molar refractivity (Wildman–Crippen MR) is 134 cm³/mol. The molecule has 9 heteroatoms. The molecule has 6 rings (SSSR count). The first-order valence-corrected chi connectivity index (χ1v) is 11.9. The number of halogens is 1. The van der Waals surface area contributed by atoms with E-state index in [1.54, 1.807) is 18.3 Å². The number of ether oxygens (including phenoxy) is 1. The molecule has 0 amide bonds. The van der Waals surface area contributed by atoms with E-state index < -0.39 is 5.82 Å². The molecule has 1 aromatic carbocycles. The Morgan fingerprint density at radius 3 is 2.74 bits per heavy atom. The minimum Gasteiger partial charge on any atom is -0.494 e. The first-order chi connectivity index (χ1) is 17.2. The van der Waals surface area contributed by atoms with Crippen LogP contribution in [0.2, 0.25) is 0 Å². The molecule has 2 fully saturated rings. The van der Waals surface area contributed by atoms with Crippen molar-refractivity contribution >= 4 is 28.2 Å². The quantitative estimate of drug-likeness (QED) is 0.431. The number of benzene rings is 1. The average molecular weight is 472 g/mol. The number of nitrogens with zero attached hydrogens (tertiary/aromatic N) is 5. The summed E-state index contributed by atoms with van der Waals surface area (Å²) in [7, 11) is 1.44. The van der Waals surface area contributed by atoms with Crippen molar-refractivity contribution in [2.24, 2.45) is 0 Å². The highest BCUT2D eigenvalue weighted by atomic mass is 19.1. The van der Waals surface area contributed by atoms with Crippen LogP contribution in [0.3, 0.4) is 0 Å². The molecule has 178 valence electrons. The molecule has 0 spiro atoms. The number of hydrogen-bond donors (Lipinski definition) is 2. The summed E-state index contributed by atoms with van der Waals surface area (Å²) in [5, 5.41) is 7.77. The van der Waals surface area contributed by atoms with Crippen LogP contribution >= 0.6 is 0 Å². The van der Waals surface area contributed by atoms with Crippen LogP contribution in [0, 0.1) is 5.82 Å². The van der Waals surface area contributed by atoms with Gasteiger partial charge in [0.05, 0.1) is 18.8 Å². The molecule has 0 radical (unpaired) electrons. The number of piperazine rings is 1. The second kappa shape index (κ2) is 9.07. The summed E-state index contributed by atoms with van der Waals surface area (Å²) < 4.78 is 18.9. The fourth-order valence-corrected chi connectivity index (χ4v) is 4.55. The lowest BCUT2D eigenvalue weighted by Crippen LogP contribution is -2.44. The van der Waals surface area contributed by atoms with Crippen molar-refractivity contribution in [3.8, 4) is 17.1 Å². The number of aromatic nitrogens is 4. The van der Waals surface area contributed by atoms with E-state index in [-0.39, 0.29) is 5.75 Å². The van der Waals surface area contributed by atoms with E-state index in [9.17, 15) is 4.39 Å². The lowest BCUT2D eigenvalue weighted by atomic mass is 10.1. The van der Waals surface area contributed by atoms with Crippen molar-refractivity contribution in [3.63, 3.8) is 0 Å². The lowest BCUT2D eigenvalue weighted by Gasteiger charge is -2.30. The van der Waals surface area contributed by atoms with Gasteiger partial charge in [-0.1, -0.05) is 0 Å². The van der Waals surface area contributed by atoms with Crippen molar-refractivity contribution in [1.82, 2.24) is 25.3 Å². The standard InChI is InChI=1S/C26H26FN7O/c1-35-22-13-18(4-5-20(22)27)31-23-12-17(6-7-30-23)25-32-21-15-29-14-19(16-2-3-16)24(21)26(33-25)34-10-8-28-9-11-34/h4-7,12-16,28H,2-3,8-11H2,1H3,(H,30,31). The van der Waals surface area contributed by atoms with Crippen LogP contribution in [0.4, 0.5) is 21.7 Å². The largest absolute Gasteiger partial charge is 0.494 e. The van der Waals surface area contributed by atoms with Crippen LogP contribution in [-0.2, 0) is 0 Å². The van der Waals surface area contributed by atoms with Gasteiger partial charge in [0.25, 0.3) is 0 Å². The smallest absolute Gasteiger partial charge is 0.165 e. The number of fused-ring (bicyclic) bond motifs is 1. The van der Waals surface area contributed by atoms with Gasteiger partial charge in [0.2, 0.25) is 0 Å². The van der Waals surface area contributed by atoms with Gasteiger partial charge in [-0.05, 0) is 48.6 Å². The molecular weight excluding hydrogens is 445 g/mol. The number of nitrogens with one attached hydrogen (secondary N) is 2. The van der Waals surface area contributed by atoms with Gasteiger partial charge >= 0.3 is 0 Å². The second-order valence-corrected chi connectivity index (χ2v) is 8.91. The normalized spacial score (nSPS) is 15.9. The Morgan fingerprint density at radius 2 is 1.94 bits per heavy atom. The van der Waals surface area contributed by atoms with Crippen LogP contribution in [0.15, 0.2) is 48.9 Å². The topological polar surface area (TPSA) is 88.1 Å². The predicted octanol–water partition coefficient (Wildman–Crippen LogP) is 4.27. The molecule has 0 bridgehead atoms. The molecule has 4 aromatic rings. The van der Waals surface area contributed by atoms with Gasteiger partial charge in [-0.15, -0.1) is 0 Å². The molecule has 1 aliphatic carbocycles. The first kappa shape index (κ1) is 21.7. The van der Waals surface area contributed by atoms with Gasteiger partial charge < -0.3 is 20.3 Å². The molecule has 1 saturated heterocycles. The van der Waals surface area contributed by atoms with Crippen LogP contribution in [-0.4, -0.2) is 53.2 Å². The summed E-state index contributed by atoms with van der Waals surface area (Å²) in [5.41, 5.74) is 3.63. The minimum atomic E-state index is -0.413. The monoisotopic (exact) mass is 471 g/mol. The van der Waals surface area contributed by atoms with Gasteiger partial charge in [0.1, 0.15) is 11.6 Å². The van der Waals surface area contributed by atoms with Gasteiger partial charge in [-0.25, -0.2) is 19.3 Å². The SMILES string of the molecule is COc1cc(Nc2cc(-c3nc(N4CCNCC4)c4c(C5CC5)cncc4n3)ccn2)ccc1F. The summed E-state index contributed by atoms with van der Waals surface area (Å²) in [6.07, 6.45) is 7.92. The van der Waals surface area contributed by atoms with Crippen LogP contribution in [0.1, 0.15) is 24.3 Å². The van der Waals surface area contributed by atoms with Crippen molar-refractivity contribution in [2.75, 3.05) is 43.5 Å². The third-order valence-corrected chi connectivity index (χ3v) is 6.49. The van der Waals surface area contributed by atoms with Crippen LogP contribution in [0.5, 0.6) is 5.75 Å². The van der Waals surface area contributed by atoms with Gasteiger partial charge in [0.15, 0.2) is 17.4 Å². The average Bonchev–Trinajstić information content (AvgIpc) is 3.75. The number of pyridine rings is 2. The molecule has 2 N–H and O–H groups in total. The fourth-order valence-electron chi connectivity index (χ4n) is 4.55. The van der Waals surface area contributed by atoms with Gasteiger partial charge in [-0.2, -0.15) is 0 Å². The van der Waals surface area contributed by atoms with E-state index in [0.717, 1.165) is 48.5 Å². The Balaban J connectivity index is 1.41. The Kier molecular flexibility index (Phi) is 5.61. The zero-order chi connectivity index (χ0) is 23.8. The van der Waals surface area contributed by atoms with Crippen molar-refractivity contribution in [3.05, 3.63) is 60.3 Å². The number of anilines is 3. The maximum Gasteiger partial charge on any atom is 0.165 e. The van der Waals surface area contributed by atoms with E-state index in [4.69, 9.17) is 14.7 Å². The van der Waals surface area contributed by atoms with E-state index in [2.05, 4.69) is 25.5 Å². The molecule has 8 nitrogen and oxygen atoms in total. The van der Waals surface area contributed by atoms with Crippen molar-refractivity contribution in [2.45, 2.75) is 18.8 Å². The second-order valence-electron chi connectivity index (χ2n) is 8.91. The van der Waals surface area contributed by atoms with E-state index in [0.29, 0.717) is 23.2 Å².